The zero-order chi connectivity index (χ0) is 14.5. The summed E-state index contributed by atoms with van der Waals surface area (Å²) < 4.78 is 28.0. The van der Waals surface area contributed by atoms with E-state index in [9.17, 15) is 13.2 Å². The number of ether oxygens (including phenoxy) is 1. The van der Waals surface area contributed by atoms with E-state index in [1.807, 2.05) is 6.92 Å². The van der Waals surface area contributed by atoms with Crippen molar-refractivity contribution in [1.29, 1.82) is 0 Å². The molecule has 2 unspecified atom stereocenters. The number of hydrogen-bond donors (Lipinski definition) is 0. The third-order valence-corrected chi connectivity index (χ3v) is 5.60. The molecule has 0 heterocycles. The molecule has 0 aromatic rings. The monoisotopic (exact) mass is 291 g/mol. The van der Waals surface area contributed by atoms with Crippen molar-refractivity contribution in [3.63, 3.8) is 0 Å². The maximum Gasteiger partial charge on any atom is 0.306 e. The van der Waals surface area contributed by atoms with Crippen molar-refractivity contribution in [1.82, 2.24) is 4.90 Å². The Balaban J connectivity index is 2.58. The highest BCUT2D eigenvalue weighted by Gasteiger charge is 2.31. The molecule has 1 rings (SSSR count). The smallest absolute Gasteiger partial charge is 0.306 e. The van der Waals surface area contributed by atoms with Gasteiger partial charge in [0.05, 0.1) is 18.8 Å². The van der Waals surface area contributed by atoms with Crippen LogP contribution in [0.4, 0.5) is 0 Å². The zero-order valence-corrected chi connectivity index (χ0v) is 12.9. The number of sulfone groups is 1. The predicted octanol–water partition coefficient (Wildman–Crippen LogP) is 1.23. The van der Waals surface area contributed by atoms with Gasteiger partial charge in [-0.05, 0) is 25.8 Å². The molecular weight excluding hydrogens is 266 g/mol. The summed E-state index contributed by atoms with van der Waals surface area (Å²) in [5.41, 5.74) is 0. The summed E-state index contributed by atoms with van der Waals surface area (Å²) in [7, 11) is -1.57. The fourth-order valence-corrected chi connectivity index (χ4v) is 3.94. The second-order valence-electron chi connectivity index (χ2n) is 5.23. The Morgan fingerprint density at radius 1 is 1.37 bits per heavy atom. The second kappa shape index (κ2) is 7.24. The van der Waals surface area contributed by atoms with Gasteiger partial charge in [-0.1, -0.05) is 13.3 Å². The third kappa shape index (κ3) is 5.10. The Bertz CT molecular complexity index is 393. The quantitative estimate of drug-likeness (QED) is 0.689. The molecule has 0 aromatic carbocycles. The van der Waals surface area contributed by atoms with Crippen LogP contribution in [-0.4, -0.2) is 57.0 Å². The lowest BCUT2D eigenvalue weighted by molar-refractivity contribution is -0.141. The minimum absolute atomic E-state index is 0.214. The average molecular weight is 291 g/mol. The van der Waals surface area contributed by atoms with Gasteiger partial charge in [0.25, 0.3) is 0 Å². The second-order valence-corrected chi connectivity index (χ2v) is 7.55. The van der Waals surface area contributed by atoms with Crippen LogP contribution in [0.1, 0.15) is 39.0 Å². The maximum absolute atomic E-state index is 11.7. The van der Waals surface area contributed by atoms with Gasteiger partial charge < -0.3 is 9.64 Å². The van der Waals surface area contributed by atoms with Gasteiger partial charge in [0.2, 0.25) is 0 Å². The highest BCUT2D eigenvalue weighted by molar-refractivity contribution is 7.91. The first-order valence-corrected chi connectivity index (χ1v) is 8.83. The van der Waals surface area contributed by atoms with Crippen LogP contribution in [0.2, 0.25) is 0 Å². The van der Waals surface area contributed by atoms with Crippen LogP contribution >= 0.6 is 0 Å². The van der Waals surface area contributed by atoms with E-state index in [0.29, 0.717) is 19.4 Å². The number of carbonyl (C=O) groups excluding carboxylic acids is 1. The van der Waals surface area contributed by atoms with Crippen molar-refractivity contribution in [3.05, 3.63) is 0 Å². The van der Waals surface area contributed by atoms with E-state index in [1.54, 1.807) is 0 Å². The van der Waals surface area contributed by atoms with Crippen molar-refractivity contribution >= 4 is 15.8 Å². The molecule has 1 aliphatic rings. The molecular formula is C13H25NO4S. The van der Waals surface area contributed by atoms with Crippen LogP contribution in [0.5, 0.6) is 0 Å². The molecule has 2 atom stereocenters. The first kappa shape index (κ1) is 16.4. The lowest BCUT2D eigenvalue weighted by Crippen LogP contribution is -2.42. The van der Waals surface area contributed by atoms with Crippen LogP contribution in [0.15, 0.2) is 0 Å². The third-order valence-electron chi connectivity index (χ3n) is 3.96. The van der Waals surface area contributed by atoms with Gasteiger partial charge in [-0.3, -0.25) is 4.79 Å². The number of methoxy groups -OCH3 is 1. The SMILES string of the molecule is CCN(CCC(=O)OC)C1CCCC(S(C)(=O)=O)C1. The van der Waals surface area contributed by atoms with E-state index in [1.165, 1.54) is 13.4 Å². The topological polar surface area (TPSA) is 63.7 Å². The molecule has 112 valence electrons. The van der Waals surface area contributed by atoms with Crippen LogP contribution in [0.25, 0.3) is 0 Å². The van der Waals surface area contributed by atoms with E-state index in [4.69, 9.17) is 0 Å². The Morgan fingerprint density at radius 2 is 2.05 bits per heavy atom. The highest BCUT2D eigenvalue weighted by atomic mass is 32.2. The number of esters is 1. The van der Waals surface area contributed by atoms with E-state index >= 15 is 0 Å². The zero-order valence-electron chi connectivity index (χ0n) is 12.1. The molecule has 0 aromatic heterocycles. The van der Waals surface area contributed by atoms with E-state index in [0.717, 1.165) is 25.8 Å². The number of rotatable bonds is 6. The summed E-state index contributed by atoms with van der Waals surface area (Å²) in [5.74, 6) is -0.214. The summed E-state index contributed by atoms with van der Waals surface area (Å²) in [6, 6.07) is 0.267. The lowest BCUT2D eigenvalue weighted by Gasteiger charge is -2.36. The van der Waals surface area contributed by atoms with Gasteiger partial charge in [0, 0.05) is 18.8 Å². The first-order chi connectivity index (χ1) is 8.88. The van der Waals surface area contributed by atoms with Gasteiger partial charge in [0.1, 0.15) is 9.84 Å². The van der Waals surface area contributed by atoms with Crippen LogP contribution < -0.4 is 0 Å². The summed E-state index contributed by atoms with van der Waals surface area (Å²) in [6.45, 7) is 3.52. The molecule has 0 aliphatic heterocycles. The first-order valence-electron chi connectivity index (χ1n) is 6.88. The predicted molar refractivity (Wildman–Crippen MR) is 74.8 cm³/mol. The standard InChI is InChI=1S/C13H25NO4S/c1-4-14(9-8-13(15)18-2)11-6-5-7-12(10-11)19(3,16)17/h11-12H,4-10H2,1-3H3. The minimum atomic E-state index is -2.95. The van der Waals surface area contributed by atoms with Gasteiger partial charge in [-0.2, -0.15) is 0 Å². The molecule has 0 spiro atoms. The molecule has 1 aliphatic carbocycles. The molecule has 1 saturated carbocycles. The maximum atomic E-state index is 11.7. The minimum Gasteiger partial charge on any atom is -0.469 e. The summed E-state index contributed by atoms with van der Waals surface area (Å²) >= 11 is 0. The molecule has 0 saturated heterocycles. The summed E-state index contributed by atoms with van der Waals surface area (Å²) in [5, 5.41) is -0.224. The summed E-state index contributed by atoms with van der Waals surface area (Å²) in [4.78, 5) is 13.4. The van der Waals surface area contributed by atoms with Crippen LogP contribution in [0, 0.1) is 0 Å². The largest absolute Gasteiger partial charge is 0.469 e. The van der Waals surface area contributed by atoms with Crippen molar-refractivity contribution < 1.29 is 17.9 Å². The Labute approximate surface area is 116 Å². The van der Waals surface area contributed by atoms with Crippen molar-refractivity contribution in [3.8, 4) is 0 Å². The van der Waals surface area contributed by atoms with Crippen molar-refractivity contribution in [2.24, 2.45) is 0 Å². The number of carbonyl (C=O) groups is 1. The Kier molecular flexibility index (Phi) is 6.26. The van der Waals surface area contributed by atoms with Crippen LogP contribution in [0.3, 0.4) is 0 Å². The highest BCUT2D eigenvalue weighted by Crippen LogP contribution is 2.27. The Hall–Kier alpha value is -0.620. The number of nitrogens with zero attached hydrogens (tertiary/aromatic N) is 1. The van der Waals surface area contributed by atoms with Crippen molar-refractivity contribution in [2.75, 3.05) is 26.5 Å². The van der Waals surface area contributed by atoms with Crippen molar-refractivity contribution in [2.45, 2.75) is 50.3 Å². The fourth-order valence-electron chi connectivity index (χ4n) is 2.78. The molecule has 5 nitrogen and oxygen atoms in total. The Morgan fingerprint density at radius 3 is 2.58 bits per heavy atom. The molecule has 0 bridgehead atoms. The normalized spacial score (nSPS) is 24.4. The molecule has 19 heavy (non-hydrogen) atoms. The summed E-state index contributed by atoms with van der Waals surface area (Å²) in [6.07, 6.45) is 5.10. The molecule has 6 heteroatoms. The molecule has 0 N–H and O–H groups in total. The number of hydrogen-bond acceptors (Lipinski definition) is 5. The van der Waals surface area contributed by atoms with Gasteiger partial charge in [-0.15, -0.1) is 0 Å². The molecule has 0 amide bonds. The fraction of sp³-hybridized carbons (Fsp3) is 0.923. The van der Waals surface area contributed by atoms with Gasteiger partial charge >= 0.3 is 5.97 Å². The van der Waals surface area contributed by atoms with Gasteiger partial charge in [-0.25, -0.2) is 8.42 Å². The van der Waals surface area contributed by atoms with E-state index in [-0.39, 0.29) is 17.3 Å². The molecule has 0 radical (unpaired) electrons. The average Bonchev–Trinajstić information content (AvgIpc) is 2.38. The van der Waals surface area contributed by atoms with E-state index in [2.05, 4.69) is 9.64 Å². The van der Waals surface area contributed by atoms with Crippen LogP contribution in [-0.2, 0) is 19.4 Å². The molecule has 1 fully saturated rings. The van der Waals surface area contributed by atoms with Gasteiger partial charge in [0.15, 0.2) is 0 Å². The lowest BCUT2D eigenvalue weighted by atomic mass is 9.93. The van der Waals surface area contributed by atoms with E-state index < -0.39 is 9.84 Å².